The standard InChI is InChI=1S/C29H33ClN6O4/c1-28(2,3)40-27(37)36-11-10-35(16-29(36)8-9-29)23-14-31-26-19(25(23)30)6-7-21(32-26)20-12-18-15-34(4)33-22(18)13-24(20)39-17-38-5/h6-7,12-15H,8-11,16-17H2,1-5H3. The zero-order valence-electron chi connectivity index (χ0n) is 23.4. The monoisotopic (exact) mass is 564 g/mol. The van der Waals surface area contributed by atoms with E-state index in [-0.39, 0.29) is 18.4 Å². The van der Waals surface area contributed by atoms with Crippen LogP contribution in [0.3, 0.4) is 0 Å². The zero-order chi connectivity index (χ0) is 28.2. The molecule has 1 aromatic carbocycles. The Labute approximate surface area is 237 Å². The van der Waals surface area contributed by atoms with Gasteiger partial charge in [-0.3, -0.25) is 9.58 Å². The van der Waals surface area contributed by atoms with Crippen LogP contribution in [0.1, 0.15) is 33.6 Å². The number of benzene rings is 1. The van der Waals surface area contributed by atoms with Crippen LogP contribution in [-0.4, -0.2) is 75.4 Å². The van der Waals surface area contributed by atoms with Crippen molar-refractivity contribution in [1.82, 2.24) is 24.6 Å². The van der Waals surface area contributed by atoms with E-state index in [2.05, 4.69) is 10.00 Å². The number of nitrogens with zero attached hydrogens (tertiary/aromatic N) is 6. The van der Waals surface area contributed by atoms with Crippen molar-refractivity contribution >= 4 is 45.3 Å². The Hall–Kier alpha value is -3.63. The maximum absolute atomic E-state index is 12.9. The van der Waals surface area contributed by atoms with Crippen LogP contribution in [0.15, 0.2) is 36.7 Å². The smallest absolute Gasteiger partial charge is 0.410 e. The average molecular weight is 565 g/mol. The van der Waals surface area contributed by atoms with Crippen molar-refractivity contribution in [2.75, 3.05) is 38.4 Å². The van der Waals surface area contributed by atoms with Crippen LogP contribution in [0, 0.1) is 0 Å². The van der Waals surface area contributed by atoms with E-state index in [0.29, 0.717) is 41.7 Å². The van der Waals surface area contributed by atoms with Gasteiger partial charge in [0.15, 0.2) is 12.4 Å². The molecule has 10 nitrogen and oxygen atoms in total. The molecular weight excluding hydrogens is 532 g/mol. The number of rotatable bonds is 5. The zero-order valence-corrected chi connectivity index (χ0v) is 24.2. The number of amides is 1. The topological polar surface area (TPSA) is 94.8 Å². The van der Waals surface area contributed by atoms with Gasteiger partial charge >= 0.3 is 6.09 Å². The molecule has 6 rings (SSSR count). The largest absolute Gasteiger partial charge is 0.467 e. The molecule has 0 unspecified atom stereocenters. The molecule has 4 aromatic rings. The summed E-state index contributed by atoms with van der Waals surface area (Å²) in [6.45, 7) is 7.69. The fraction of sp³-hybridized carbons (Fsp3) is 0.448. The Kier molecular flexibility index (Phi) is 6.50. The molecule has 1 saturated carbocycles. The lowest BCUT2D eigenvalue weighted by atomic mass is 10.1. The van der Waals surface area contributed by atoms with Crippen molar-refractivity contribution in [3.63, 3.8) is 0 Å². The Morgan fingerprint density at radius 1 is 1.18 bits per heavy atom. The quantitative estimate of drug-likeness (QED) is 0.297. The first-order valence-electron chi connectivity index (χ1n) is 13.4. The molecule has 2 aliphatic rings. The van der Waals surface area contributed by atoms with Crippen LogP contribution in [0.2, 0.25) is 5.02 Å². The third kappa shape index (κ3) is 4.90. The molecule has 0 atom stereocenters. The molecule has 4 heterocycles. The molecule has 0 bridgehead atoms. The molecule has 3 aromatic heterocycles. The molecule has 2 fully saturated rings. The van der Waals surface area contributed by atoms with Crippen LogP contribution in [0.4, 0.5) is 10.5 Å². The first kappa shape index (κ1) is 26.6. The van der Waals surface area contributed by atoms with Crippen molar-refractivity contribution in [3.8, 4) is 17.0 Å². The molecule has 1 aliphatic heterocycles. The van der Waals surface area contributed by atoms with Crippen molar-refractivity contribution in [3.05, 3.63) is 41.7 Å². The van der Waals surface area contributed by atoms with Crippen molar-refractivity contribution in [2.24, 2.45) is 7.05 Å². The van der Waals surface area contributed by atoms with Crippen LogP contribution >= 0.6 is 11.6 Å². The molecule has 40 heavy (non-hydrogen) atoms. The number of aromatic nitrogens is 4. The first-order chi connectivity index (χ1) is 19.1. The number of carbonyl (C=O) groups is 1. The normalized spacial score (nSPS) is 16.6. The maximum atomic E-state index is 12.9. The first-order valence-corrected chi connectivity index (χ1v) is 13.7. The molecule has 0 N–H and O–H groups in total. The number of fused-ring (bicyclic) bond motifs is 2. The van der Waals surface area contributed by atoms with E-state index in [9.17, 15) is 4.79 Å². The average Bonchev–Trinajstić information content (AvgIpc) is 3.55. The van der Waals surface area contributed by atoms with E-state index in [4.69, 9.17) is 35.8 Å². The van der Waals surface area contributed by atoms with E-state index in [0.717, 1.165) is 40.4 Å². The van der Waals surface area contributed by atoms with Gasteiger partial charge in [-0.1, -0.05) is 11.6 Å². The van der Waals surface area contributed by atoms with Gasteiger partial charge in [-0.25, -0.2) is 14.8 Å². The highest BCUT2D eigenvalue weighted by Crippen LogP contribution is 2.47. The Balaban J connectivity index is 1.29. The number of pyridine rings is 2. The Morgan fingerprint density at radius 3 is 2.70 bits per heavy atom. The van der Waals surface area contributed by atoms with E-state index in [1.807, 2.05) is 63.2 Å². The minimum Gasteiger partial charge on any atom is -0.467 e. The second-order valence-corrected chi connectivity index (χ2v) is 11.9. The van der Waals surface area contributed by atoms with Gasteiger partial charge in [0.1, 0.15) is 11.4 Å². The van der Waals surface area contributed by atoms with Crippen molar-refractivity contribution < 1.29 is 19.0 Å². The predicted molar refractivity (Wildman–Crippen MR) is 154 cm³/mol. The van der Waals surface area contributed by atoms with Crippen molar-refractivity contribution in [2.45, 2.75) is 44.8 Å². The van der Waals surface area contributed by atoms with Crippen LogP contribution in [0.25, 0.3) is 33.2 Å². The van der Waals surface area contributed by atoms with E-state index < -0.39 is 5.60 Å². The highest BCUT2D eigenvalue weighted by Gasteiger charge is 2.54. The summed E-state index contributed by atoms with van der Waals surface area (Å²) in [6, 6.07) is 7.79. The molecule has 210 valence electrons. The summed E-state index contributed by atoms with van der Waals surface area (Å²) < 4.78 is 18.5. The molecule has 1 saturated heterocycles. The highest BCUT2D eigenvalue weighted by molar-refractivity contribution is 6.37. The van der Waals surface area contributed by atoms with Gasteiger partial charge < -0.3 is 19.1 Å². The molecule has 11 heteroatoms. The van der Waals surface area contributed by atoms with Gasteiger partial charge in [-0.15, -0.1) is 0 Å². The molecule has 0 radical (unpaired) electrons. The number of carbonyl (C=O) groups excluding carboxylic acids is 1. The minimum absolute atomic E-state index is 0.106. The summed E-state index contributed by atoms with van der Waals surface area (Å²) in [5.41, 5.74) is 3.00. The summed E-state index contributed by atoms with van der Waals surface area (Å²) in [5, 5.41) is 6.83. The predicted octanol–water partition coefficient (Wildman–Crippen LogP) is 5.41. The molecule has 1 spiro atoms. The van der Waals surface area contributed by atoms with Crippen LogP contribution < -0.4 is 9.64 Å². The highest BCUT2D eigenvalue weighted by atomic mass is 35.5. The fourth-order valence-electron chi connectivity index (χ4n) is 5.38. The summed E-state index contributed by atoms with van der Waals surface area (Å²) in [7, 11) is 3.47. The third-order valence-electron chi connectivity index (χ3n) is 7.41. The summed E-state index contributed by atoms with van der Waals surface area (Å²) in [4.78, 5) is 26.6. The summed E-state index contributed by atoms with van der Waals surface area (Å²) in [6.07, 6.45) is 5.38. The lowest BCUT2D eigenvalue weighted by Gasteiger charge is -2.43. The second kappa shape index (κ2) is 9.78. The van der Waals surface area contributed by atoms with E-state index >= 15 is 0 Å². The lowest BCUT2D eigenvalue weighted by Crippen LogP contribution is -2.58. The Bertz CT molecular complexity index is 1610. The van der Waals surface area contributed by atoms with E-state index in [1.165, 1.54) is 0 Å². The second-order valence-electron chi connectivity index (χ2n) is 11.6. The lowest BCUT2D eigenvalue weighted by molar-refractivity contribution is 0.0106. The summed E-state index contributed by atoms with van der Waals surface area (Å²) >= 11 is 6.97. The number of aryl methyl sites for hydroxylation is 1. The SMILES string of the molecule is COCOc1cc2nn(C)cc2cc1-c1ccc2c(Cl)c(N3CCN(C(=O)OC(C)(C)C)C4(CC4)C3)cnc2n1. The third-order valence-corrected chi connectivity index (χ3v) is 7.80. The minimum atomic E-state index is -0.526. The van der Waals surface area contributed by atoms with Gasteiger partial charge in [-0.05, 0) is 51.8 Å². The number of halogens is 1. The van der Waals surface area contributed by atoms with Crippen LogP contribution in [-0.2, 0) is 16.5 Å². The number of anilines is 1. The number of methoxy groups -OCH3 is 1. The molecule has 1 aliphatic carbocycles. The van der Waals surface area contributed by atoms with Gasteiger partial charge in [-0.2, -0.15) is 5.10 Å². The van der Waals surface area contributed by atoms with Crippen LogP contribution in [0.5, 0.6) is 5.75 Å². The van der Waals surface area contributed by atoms with Gasteiger partial charge in [0.05, 0.1) is 33.7 Å². The molecule has 1 amide bonds. The van der Waals surface area contributed by atoms with Crippen molar-refractivity contribution in [1.29, 1.82) is 0 Å². The Morgan fingerprint density at radius 2 is 1.98 bits per heavy atom. The number of hydrogen-bond acceptors (Lipinski definition) is 8. The van der Waals surface area contributed by atoms with E-state index in [1.54, 1.807) is 18.0 Å². The number of piperazine rings is 1. The molecular formula is C29H33ClN6O4. The van der Waals surface area contributed by atoms with Gasteiger partial charge in [0.25, 0.3) is 0 Å². The van der Waals surface area contributed by atoms with Gasteiger partial charge in [0.2, 0.25) is 0 Å². The number of ether oxygens (including phenoxy) is 3. The fourth-order valence-corrected chi connectivity index (χ4v) is 5.70. The van der Waals surface area contributed by atoms with Gasteiger partial charge in [0, 0.05) is 62.4 Å². The summed E-state index contributed by atoms with van der Waals surface area (Å²) in [5.74, 6) is 0.625. The number of hydrogen-bond donors (Lipinski definition) is 0. The maximum Gasteiger partial charge on any atom is 0.410 e.